The number of rotatable bonds is 6. The second-order valence-corrected chi connectivity index (χ2v) is 12.4. The summed E-state index contributed by atoms with van der Waals surface area (Å²) in [5.41, 5.74) is -0.0439. The van der Waals surface area contributed by atoms with Crippen molar-refractivity contribution in [2.45, 2.75) is 117 Å². The SMILES string of the molecule is CC#N.C[C@H](CCCCC(=O)O)[C@H]1CC[C@H]2[C@@H]3[C@H](O)C[C@@H]4C[C@H](O)CC[C@]4(C)[C@H]3C[C@H](O)[C@]12C. The molecule has 0 aliphatic heterocycles. The molecule has 11 atom stereocenters. The highest BCUT2D eigenvalue weighted by Crippen LogP contribution is 2.68. The van der Waals surface area contributed by atoms with Crippen molar-refractivity contribution in [1.82, 2.24) is 0 Å². The van der Waals surface area contributed by atoms with E-state index in [1.165, 1.54) is 6.92 Å². The van der Waals surface area contributed by atoms with Gasteiger partial charge in [0.25, 0.3) is 0 Å². The molecule has 0 aromatic carbocycles. The Bertz CT molecular complexity index is 752. The summed E-state index contributed by atoms with van der Waals surface area (Å²) < 4.78 is 0. The van der Waals surface area contributed by atoms with Crippen molar-refractivity contribution >= 4 is 5.97 Å². The van der Waals surface area contributed by atoms with Crippen molar-refractivity contribution in [2.24, 2.45) is 46.3 Å². The molecule has 0 unspecified atom stereocenters. The second-order valence-electron chi connectivity index (χ2n) is 12.4. The van der Waals surface area contributed by atoms with Gasteiger partial charge in [0.05, 0.1) is 24.4 Å². The maximum Gasteiger partial charge on any atom is 0.303 e. The third-order valence-corrected chi connectivity index (χ3v) is 10.8. The molecule has 4 N–H and O–H groups in total. The van der Waals surface area contributed by atoms with Crippen LogP contribution < -0.4 is 0 Å². The van der Waals surface area contributed by atoms with Crippen LogP contribution in [0.2, 0.25) is 0 Å². The number of nitriles is 1. The molecule has 6 heteroatoms. The van der Waals surface area contributed by atoms with E-state index in [0.29, 0.717) is 29.6 Å². The molecule has 0 saturated heterocycles. The molecule has 34 heavy (non-hydrogen) atoms. The van der Waals surface area contributed by atoms with E-state index in [1.54, 1.807) is 6.07 Å². The minimum Gasteiger partial charge on any atom is -0.481 e. The lowest BCUT2D eigenvalue weighted by Gasteiger charge is -2.63. The zero-order valence-corrected chi connectivity index (χ0v) is 21.6. The highest BCUT2D eigenvalue weighted by atomic mass is 16.4. The lowest BCUT2D eigenvalue weighted by atomic mass is 9.43. The lowest BCUT2D eigenvalue weighted by Crippen LogP contribution is -2.62. The average molecular weight is 478 g/mol. The van der Waals surface area contributed by atoms with E-state index in [2.05, 4.69) is 20.8 Å². The maximum absolute atomic E-state index is 11.6. The molecule has 0 radical (unpaired) electrons. The number of carboxylic acids is 1. The number of carboxylic acid groups (broad SMARTS) is 1. The third-order valence-electron chi connectivity index (χ3n) is 10.8. The number of hydrogen-bond donors (Lipinski definition) is 4. The summed E-state index contributed by atoms with van der Waals surface area (Å²) in [6.07, 6.45) is 8.42. The van der Waals surface area contributed by atoms with E-state index in [4.69, 9.17) is 10.4 Å². The summed E-state index contributed by atoms with van der Waals surface area (Å²) in [5, 5.41) is 49.4. The van der Waals surface area contributed by atoms with Gasteiger partial charge in [-0.2, -0.15) is 5.26 Å². The molecule has 0 heterocycles. The summed E-state index contributed by atoms with van der Waals surface area (Å²) in [5.74, 6) is 1.48. The van der Waals surface area contributed by atoms with Gasteiger partial charge in [-0.3, -0.25) is 4.79 Å². The third kappa shape index (κ3) is 4.90. The lowest BCUT2D eigenvalue weighted by molar-refractivity contribution is -0.207. The minimum absolute atomic E-state index is 0.117. The van der Waals surface area contributed by atoms with Gasteiger partial charge >= 0.3 is 5.97 Å². The van der Waals surface area contributed by atoms with Gasteiger partial charge in [0.15, 0.2) is 0 Å². The van der Waals surface area contributed by atoms with Gasteiger partial charge in [-0.25, -0.2) is 0 Å². The normalized spacial score (nSPS) is 46.1. The smallest absolute Gasteiger partial charge is 0.303 e. The molecule has 0 aromatic rings. The first-order chi connectivity index (χ1) is 16.0. The van der Waals surface area contributed by atoms with Crippen molar-refractivity contribution in [2.75, 3.05) is 0 Å². The zero-order valence-electron chi connectivity index (χ0n) is 21.6. The molecule has 194 valence electrons. The molecule has 4 fully saturated rings. The van der Waals surface area contributed by atoms with E-state index in [1.807, 2.05) is 0 Å². The van der Waals surface area contributed by atoms with Crippen molar-refractivity contribution in [3.05, 3.63) is 0 Å². The molecule has 4 saturated carbocycles. The van der Waals surface area contributed by atoms with Crippen LogP contribution in [-0.2, 0) is 4.79 Å². The fraction of sp³-hybridized carbons (Fsp3) is 0.929. The summed E-state index contributed by atoms with van der Waals surface area (Å²) in [6.45, 7) is 8.38. The summed E-state index contributed by atoms with van der Waals surface area (Å²) in [7, 11) is 0. The topological polar surface area (TPSA) is 122 Å². The van der Waals surface area contributed by atoms with Gasteiger partial charge in [-0.05, 0) is 97.7 Å². The van der Waals surface area contributed by atoms with Crippen molar-refractivity contribution in [1.29, 1.82) is 5.26 Å². The molecule has 0 bridgehead atoms. The maximum atomic E-state index is 11.6. The number of fused-ring (bicyclic) bond motifs is 5. The largest absolute Gasteiger partial charge is 0.481 e. The van der Waals surface area contributed by atoms with E-state index in [9.17, 15) is 20.1 Å². The first-order valence-electron chi connectivity index (χ1n) is 13.6. The Hall–Kier alpha value is -1.16. The van der Waals surface area contributed by atoms with Gasteiger partial charge in [-0.1, -0.05) is 33.6 Å². The Balaban J connectivity index is 0.00000103. The fourth-order valence-corrected chi connectivity index (χ4v) is 9.08. The molecular weight excluding hydrogens is 430 g/mol. The highest BCUT2D eigenvalue weighted by molar-refractivity contribution is 5.66. The van der Waals surface area contributed by atoms with Gasteiger partial charge in [0.2, 0.25) is 0 Å². The molecule has 0 spiro atoms. The molecule has 0 aromatic heterocycles. The Morgan fingerprint density at radius 3 is 2.38 bits per heavy atom. The van der Waals surface area contributed by atoms with Crippen LogP contribution in [0.15, 0.2) is 0 Å². The Morgan fingerprint density at radius 1 is 1.06 bits per heavy atom. The molecule has 4 aliphatic carbocycles. The number of aliphatic carboxylic acids is 1. The number of carbonyl (C=O) groups is 1. The van der Waals surface area contributed by atoms with E-state index < -0.39 is 5.97 Å². The molecule has 4 rings (SSSR count). The van der Waals surface area contributed by atoms with Crippen LogP contribution in [-0.4, -0.2) is 44.7 Å². The van der Waals surface area contributed by atoms with Crippen molar-refractivity contribution < 1.29 is 25.2 Å². The van der Waals surface area contributed by atoms with Gasteiger partial charge in [-0.15, -0.1) is 0 Å². The van der Waals surface area contributed by atoms with E-state index in [0.717, 1.165) is 64.2 Å². The highest BCUT2D eigenvalue weighted by Gasteiger charge is 2.65. The Labute approximate surface area is 205 Å². The quantitative estimate of drug-likeness (QED) is 0.409. The zero-order chi connectivity index (χ0) is 25.3. The standard InChI is InChI=1S/C26H44O5.C2H3N/c1-15(6-4-5-7-23(30)31)18-8-9-19-24-20(14-22(29)26(18,19)3)25(2)11-10-17(27)12-16(25)13-21(24)28;1-2-3/h15-22,24,27-29H,4-14H2,1-3H3,(H,30,31);1H3/t15-,16+,17-,18-,19+,20+,21-,22+,24+,25+,26-;/m1./s1. The summed E-state index contributed by atoms with van der Waals surface area (Å²) >= 11 is 0. The van der Waals surface area contributed by atoms with Crippen LogP contribution >= 0.6 is 0 Å². The molecule has 6 nitrogen and oxygen atoms in total. The Morgan fingerprint density at radius 2 is 1.74 bits per heavy atom. The van der Waals surface area contributed by atoms with Crippen LogP contribution in [0.4, 0.5) is 0 Å². The van der Waals surface area contributed by atoms with Crippen LogP contribution in [0.5, 0.6) is 0 Å². The van der Waals surface area contributed by atoms with Gasteiger partial charge < -0.3 is 20.4 Å². The predicted octanol–water partition coefficient (Wildman–Crippen LogP) is 4.76. The number of aliphatic hydroxyl groups is 3. The van der Waals surface area contributed by atoms with Crippen LogP contribution in [0, 0.1) is 57.7 Å². The van der Waals surface area contributed by atoms with Gasteiger partial charge in [0, 0.05) is 13.3 Å². The number of hydrogen-bond acceptors (Lipinski definition) is 5. The summed E-state index contributed by atoms with van der Waals surface area (Å²) in [4.78, 5) is 10.8. The number of aliphatic hydroxyl groups excluding tert-OH is 3. The molecule has 0 amide bonds. The summed E-state index contributed by atoms with van der Waals surface area (Å²) in [6, 6.07) is 1.75. The predicted molar refractivity (Wildman–Crippen MR) is 131 cm³/mol. The number of nitrogens with zero attached hydrogens (tertiary/aromatic N) is 1. The first-order valence-corrected chi connectivity index (χ1v) is 13.6. The second kappa shape index (κ2) is 10.8. The first kappa shape index (κ1) is 27.4. The Kier molecular flexibility index (Phi) is 8.75. The minimum atomic E-state index is -0.720. The van der Waals surface area contributed by atoms with E-state index >= 15 is 0 Å². The van der Waals surface area contributed by atoms with E-state index in [-0.39, 0.29) is 41.5 Å². The van der Waals surface area contributed by atoms with Crippen LogP contribution in [0.3, 0.4) is 0 Å². The number of unbranched alkanes of at least 4 members (excludes halogenated alkanes) is 1. The van der Waals surface area contributed by atoms with Crippen LogP contribution in [0.25, 0.3) is 0 Å². The fourth-order valence-electron chi connectivity index (χ4n) is 9.08. The molecule has 4 aliphatic rings. The van der Waals surface area contributed by atoms with Crippen molar-refractivity contribution in [3.63, 3.8) is 0 Å². The molecular formula is C28H47NO5. The van der Waals surface area contributed by atoms with Crippen molar-refractivity contribution in [3.8, 4) is 6.07 Å². The monoisotopic (exact) mass is 477 g/mol. The van der Waals surface area contributed by atoms with Gasteiger partial charge in [0.1, 0.15) is 0 Å². The average Bonchev–Trinajstić information content (AvgIpc) is 3.12. The van der Waals surface area contributed by atoms with Crippen LogP contribution in [0.1, 0.15) is 98.3 Å².